The van der Waals surface area contributed by atoms with Crippen LogP contribution in [0.4, 0.5) is 4.39 Å². The van der Waals surface area contributed by atoms with E-state index in [-0.39, 0.29) is 23.5 Å². The monoisotopic (exact) mass is 412 g/mol. The molecule has 0 atom stereocenters. The van der Waals surface area contributed by atoms with Gasteiger partial charge in [-0.3, -0.25) is 13.9 Å². The van der Waals surface area contributed by atoms with Crippen molar-refractivity contribution in [3.63, 3.8) is 0 Å². The maximum Gasteiger partial charge on any atom is 0.333 e. The number of hydrogen-bond donors (Lipinski definition) is 1. The largest absolute Gasteiger partial charge is 0.505 e. The van der Waals surface area contributed by atoms with E-state index in [4.69, 9.17) is 0 Å². The van der Waals surface area contributed by atoms with Gasteiger partial charge in [0.2, 0.25) is 0 Å². The number of fused-ring (bicyclic) bond motifs is 1. The van der Waals surface area contributed by atoms with Crippen molar-refractivity contribution in [1.82, 2.24) is 18.7 Å². The van der Waals surface area contributed by atoms with Crippen molar-refractivity contribution in [2.75, 3.05) is 7.11 Å². The van der Waals surface area contributed by atoms with E-state index in [1.54, 1.807) is 7.05 Å². The second kappa shape index (κ2) is 8.08. The molecule has 0 radical (unpaired) electrons. The first-order valence-electron chi connectivity index (χ1n) is 8.64. The van der Waals surface area contributed by atoms with Gasteiger partial charge in [-0.1, -0.05) is 11.8 Å². The molecule has 0 amide bonds. The molecule has 0 aliphatic rings. The van der Waals surface area contributed by atoms with Crippen molar-refractivity contribution in [2.45, 2.75) is 6.54 Å². The number of imidazole rings is 1. The van der Waals surface area contributed by atoms with Crippen LogP contribution in [0.3, 0.4) is 0 Å². The number of rotatable bonds is 3. The van der Waals surface area contributed by atoms with Crippen LogP contribution in [0.5, 0.6) is 5.75 Å². The Bertz CT molecular complexity index is 1370. The number of aromatic hydroxyl groups is 1. The maximum absolute atomic E-state index is 13.4. The van der Waals surface area contributed by atoms with Crippen molar-refractivity contribution in [3.05, 3.63) is 62.3 Å². The Kier molecular flexibility index (Phi) is 5.55. The Morgan fingerprint density at radius 1 is 1.30 bits per heavy atom. The lowest BCUT2D eigenvalue weighted by atomic mass is 10.2. The van der Waals surface area contributed by atoms with Gasteiger partial charge in [0.05, 0.1) is 13.7 Å². The summed E-state index contributed by atoms with van der Waals surface area (Å²) in [5.41, 5.74) is -0.615. The first-order valence-corrected chi connectivity index (χ1v) is 8.64. The summed E-state index contributed by atoms with van der Waals surface area (Å²) < 4.78 is 21.6. The third-order valence-electron chi connectivity index (χ3n) is 4.38. The van der Waals surface area contributed by atoms with Gasteiger partial charge in [0.25, 0.3) is 5.56 Å². The highest BCUT2D eigenvalue weighted by molar-refractivity contribution is 5.87. The normalized spacial score (nSPS) is 10.9. The molecule has 0 aliphatic carbocycles. The van der Waals surface area contributed by atoms with Gasteiger partial charge in [0.15, 0.2) is 22.7 Å². The number of carbonyl (C=O) groups is 1. The second-order valence-corrected chi connectivity index (χ2v) is 6.26. The van der Waals surface area contributed by atoms with Crippen molar-refractivity contribution in [1.29, 1.82) is 0 Å². The summed E-state index contributed by atoms with van der Waals surface area (Å²) in [7, 11) is 4.14. The molecule has 2 aromatic heterocycles. The molecule has 0 bridgehead atoms. The van der Waals surface area contributed by atoms with Gasteiger partial charge in [-0.05, 0) is 24.3 Å². The number of methoxy groups -OCH3 is 1. The van der Waals surface area contributed by atoms with E-state index in [0.717, 1.165) is 16.7 Å². The SMILES string of the molecule is COC(=O)/C=C/c1nc2c(c(=O)n(C)c(=O)n2CC#Cc2ccc(O)c(F)c2)n1C. The fourth-order valence-corrected chi connectivity index (χ4v) is 2.75. The average molecular weight is 412 g/mol. The number of esters is 1. The number of aryl methyl sites for hydroxylation is 1. The molecule has 0 aliphatic heterocycles. The van der Waals surface area contributed by atoms with Crippen LogP contribution in [0.1, 0.15) is 11.4 Å². The Balaban J connectivity index is 2.10. The summed E-state index contributed by atoms with van der Waals surface area (Å²) >= 11 is 0. The molecule has 0 saturated heterocycles. The minimum absolute atomic E-state index is 0.0984. The second-order valence-electron chi connectivity index (χ2n) is 6.26. The number of benzene rings is 1. The molecule has 0 unspecified atom stereocenters. The van der Waals surface area contributed by atoms with Gasteiger partial charge in [-0.2, -0.15) is 0 Å². The lowest BCUT2D eigenvalue weighted by molar-refractivity contribution is -0.134. The quantitative estimate of drug-likeness (QED) is 0.382. The third-order valence-corrected chi connectivity index (χ3v) is 4.38. The molecule has 3 aromatic rings. The molecule has 0 fully saturated rings. The topological polar surface area (TPSA) is 108 Å². The smallest absolute Gasteiger partial charge is 0.333 e. The van der Waals surface area contributed by atoms with Crippen LogP contribution in [0.25, 0.3) is 17.2 Å². The van der Waals surface area contributed by atoms with Gasteiger partial charge < -0.3 is 14.4 Å². The van der Waals surface area contributed by atoms with E-state index in [2.05, 4.69) is 21.6 Å². The Morgan fingerprint density at radius 2 is 2.03 bits per heavy atom. The highest BCUT2D eigenvalue weighted by Crippen LogP contribution is 2.15. The molecule has 1 N–H and O–H groups in total. The van der Waals surface area contributed by atoms with E-state index in [0.29, 0.717) is 5.56 Å². The summed E-state index contributed by atoms with van der Waals surface area (Å²) in [5.74, 6) is 3.81. The van der Waals surface area contributed by atoms with Crippen LogP contribution in [0, 0.1) is 17.7 Å². The first kappa shape index (κ1) is 20.6. The van der Waals surface area contributed by atoms with Gasteiger partial charge in [0.1, 0.15) is 5.82 Å². The molecule has 154 valence electrons. The lowest BCUT2D eigenvalue weighted by Gasteiger charge is -2.05. The zero-order chi connectivity index (χ0) is 22.0. The number of carbonyl (C=O) groups excluding carboxylic acids is 1. The summed E-state index contributed by atoms with van der Waals surface area (Å²) in [5, 5.41) is 9.23. The minimum atomic E-state index is -0.810. The number of nitrogens with zero attached hydrogens (tertiary/aromatic N) is 4. The highest BCUT2D eigenvalue weighted by Gasteiger charge is 2.17. The molecule has 1 aromatic carbocycles. The van der Waals surface area contributed by atoms with E-state index in [1.165, 1.54) is 41.5 Å². The predicted octanol–water partition coefficient (Wildman–Crippen LogP) is 0.516. The molecule has 0 saturated carbocycles. The lowest BCUT2D eigenvalue weighted by Crippen LogP contribution is -2.38. The van der Waals surface area contributed by atoms with Crippen molar-refractivity contribution in [3.8, 4) is 17.6 Å². The number of halogens is 1. The molecule has 9 nitrogen and oxygen atoms in total. The van der Waals surface area contributed by atoms with Crippen LogP contribution in [0.2, 0.25) is 0 Å². The molecule has 3 rings (SSSR count). The first-order chi connectivity index (χ1) is 14.2. The van der Waals surface area contributed by atoms with Crippen molar-refractivity contribution < 1.29 is 19.0 Å². The van der Waals surface area contributed by atoms with Crippen LogP contribution >= 0.6 is 0 Å². The number of phenolic OH excluding ortho intramolecular Hbond substituents is 1. The van der Waals surface area contributed by atoms with E-state index < -0.39 is 28.8 Å². The molecular weight excluding hydrogens is 395 g/mol. The number of ether oxygens (including phenoxy) is 1. The fourth-order valence-electron chi connectivity index (χ4n) is 2.75. The summed E-state index contributed by atoms with van der Waals surface area (Å²) in [6.07, 6.45) is 2.51. The number of aromatic nitrogens is 4. The van der Waals surface area contributed by atoms with Crippen LogP contribution < -0.4 is 11.2 Å². The third kappa shape index (κ3) is 3.73. The summed E-state index contributed by atoms with van der Waals surface area (Å²) in [6, 6.07) is 3.67. The molecular formula is C20H17FN4O5. The average Bonchev–Trinajstić information content (AvgIpc) is 3.05. The molecule has 0 spiro atoms. The zero-order valence-electron chi connectivity index (χ0n) is 16.3. The highest BCUT2D eigenvalue weighted by atomic mass is 19.1. The van der Waals surface area contributed by atoms with E-state index in [9.17, 15) is 23.9 Å². The summed E-state index contributed by atoms with van der Waals surface area (Å²) in [4.78, 5) is 40.8. The Hall–Kier alpha value is -4.13. The fraction of sp³-hybridized carbons (Fsp3) is 0.200. The maximum atomic E-state index is 13.4. The molecule has 2 heterocycles. The minimum Gasteiger partial charge on any atom is -0.505 e. The van der Waals surface area contributed by atoms with E-state index >= 15 is 0 Å². The van der Waals surface area contributed by atoms with Gasteiger partial charge in [-0.25, -0.2) is 19.0 Å². The van der Waals surface area contributed by atoms with Gasteiger partial charge in [0, 0.05) is 25.7 Å². The van der Waals surface area contributed by atoms with Crippen molar-refractivity contribution in [2.24, 2.45) is 14.1 Å². The van der Waals surface area contributed by atoms with Gasteiger partial charge in [-0.15, -0.1) is 0 Å². The Morgan fingerprint density at radius 3 is 2.70 bits per heavy atom. The predicted molar refractivity (Wildman–Crippen MR) is 106 cm³/mol. The van der Waals surface area contributed by atoms with E-state index in [1.807, 2.05) is 0 Å². The standard InChI is InChI=1S/C20H17FN4O5/c1-23-15(8-9-16(27)30-3)22-18-17(23)19(28)24(2)20(29)25(18)10-4-5-12-6-7-14(26)13(21)11-12/h6-9,11,26H,10H2,1-3H3/b9-8+. The van der Waals surface area contributed by atoms with Crippen molar-refractivity contribution >= 4 is 23.2 Å². The Labute approximate surface area is 169 Å². The molecule has 10 heteroatoms. The zero-order valence-corrected chi connectivity index (χ0v) is 16.3. The van der Waals surface area contributed by atoms with Gasteiger partial charge >= 0.3 is 11.7 Å². The molecule has 30 heavy (non-hydrogen) atoms. The summed E-state index contributed by atoms with van der Waals surface area (Å²) in [6.45, 7) is -0.122. The number of phenols is 1. The van der Waals surface area contributed by atoms with Crippen LogP contribution in [-0.2, 0) is 30.2 Å². The number of hydrogen-bond acceptors (Lipinski definition) is 6. The van der Waals surface area contributed by atoms with Crippen LogP contribution in [-0.4, -0.2) is 36.9 Å². The van der Waals surface area contributed by atoms with Crippen LogP contribution in [0.15, 0.2) is 33.9 Å².